The first-order chi connectivity index (χ1) is 17.0. The average Bonchev–Trinajstić information content (AvgIpc) is 3.44. The molecule has 5 aliphatic carbocycles. The predicted octanol–water partition coefficient (Wildman–Crippen LogP) is 3.56. The largest absolute Gasteiger partial charge is 0.461 e. The second-order valence-corrected chi connectivity index (χ2v) is 13.0. The number of hydrogen-bond acceptors (Lipinski definition) is 7. The van der Waals surface area contributed by atoms with Crippen molar-refractivity contribution in [2.24, 2.45) is 40.4 Å². The van der Waals surface area contributed by atoms with E-state index in [-0.39, 0.29) is 60.5 Å². The maximum absolute atomic E-state index is 13.9. The van der Waals surface area contributed by atoms with Crippen molar-refractivity contribution in [3.8, 4) is 0 Å². The first-order valence-electron chi connectivity index (χ1n) is 14.1. The molecule has 0 radical (unpaired) electrons. The average molecular weight is 503 g/mol. The van der Waals surface area contributed by atoms with Crippen molar-refractivity contribution in [2.75, 3.05) is 6.61 Å². The van der Waals surface area contributed by atoms with Crippen LogP contribution in [0.4, 0.5) is 0 Å². The third kappa shape index (κ3) is 3.82. The maximum atomic E-state index is 13.9. The Morgan fingerprint density at radius 2 is 1.75 bits per heavy atom. The lowest BCUT2D eigenvalue weighted by atomic mass is 9.43. The van der Waals surface area contributed by atoms with Gasteiger partial charge in [0, 0.05) is 42.4 Å². The number of ketones is 3. The lowest BCUT2D eigenvalue weighted by molar-refractivity contribution is -0.200. The summed E-state index contributed by atoms with van der Waals surface area (Å²) in [5.41, 5.74) is -3.23. The van der Waals surface area contributed by atoms with E-state index < -0.39 is 34.9 Å². The molecule has 0 amide bonds. The van der Waals surface area contributed by atoms with Crippen LogP contribution < -0.4 is 0 Å². The Morgan fingerprint density at radius 1 is 1.03 bits per heavy atom. The van der Waals surface area contributed by atoms with E-state index in [4.69, 9.17) is 4.74 Å². The molecule has 5 aliphatic rings. The van der Waals surface area contributed by atoms with Gasteiger partial charge in [0.2, 0.25) is 0 Å². The van der Waals surface area contributed by atoms with Crippen LogP contribution >= 0.6 is 0 Å². The van der Waals surface area contributed by atoms with Crippen molar-refractivity contribution in [3.63, 3.8) is 0 Å². The topological polar surface area (TPSA) is 118 Å². The zero-order valence-corrected chi connectivity index (χ0v) is 21.8. The standard InChI is InChI=1S/C29H42O7/c1-27-15-22(32)26-20(21(27)11-12-29(27,35)23(33)16-30)9-8-18-13-19(31)14-24(28(18,26)2)36-25(34)10-7-17-5-3-4-6-17/h17-18,20-21,24,26,30,35H,3-16H2,1-2H3/t18?,20-,21-,24?,26+,27-,28+,29-/m0/s1. The Bertz CT molecular complexity index is 938. The molecule has 5 saturated carbocycles. The number of Topliss-reactive ketones (excluding diaryl/α,β-unsaturated/α-hetero) is 3. The van der Waals surface area contributed by atoms with Gasteiger partial charge in [0.1, 0.15) is 29.9 Å². The first-order valence-corrected chi connectivity index (χ1v) is 14.1. The van der Waals surface area contributed by atoms with Crippen LogP contribution in [0.25, 0.3) is 0 Å². The van der Waals surface area contributed by atoms with E-state index in [0.717, 1.165) is 19.3 Å². The molecular weight excluding hydrogens is 460 g/mol. The number of esters is 1. The van der Waals surface area contributed by atoms with E-state index in [1.54, 1.807) is 0 Å². The summed E-state index contributed by atoms with van der Waals surface area (Å²) in [6.45, 7) is 3.16. The maximum Gasteiger partial charge on any atom is 0.306 e. The molecule has 200 valence electrons. The fourth-order valence-electron chi connectivity index (χ4n) is 9.48. The van der Waals surface area contributed by atoms with Gasteiger partial charge in [-0.15, -0.1) is 0 Å². The van der Waals surface area contributed by atoms with Crippen LogP contribution in [0.3, 0.4) is 0 Å². The quantitative estimate of drug-likeness (QED) is 0.533. The lowest BCUT2D eigenvalue weighted by Gasteiger charge is -2.61. The smallest absolute Gasteiger partial charge is 0.306 e. The van der Waals surface area contributed by atoms with Gasteiger partial charge in [-0.25, -0.2) is 0 Å². The van der Waals surface area contributed by atoms with Crippen LogP contribution in [0.2, 0.25) is 0 Å². The van der Waals surface area contributed by atoms with Crippen molar-refractivity contribution in [3.05, 3.63) is 0 Å². The summed E-state index contributed by atoms with van der Waals surface area (Å²) < 4.78 is 6.08. The molecule has 0 saturated heterocycles. The molecule has 5 rings (SSSR count). The monoisotopic (exact) mass is 502 g/mol. The third-order valence-corrected chi connectivity index (χ3v) is 11.5. The van der Waals surface area contributed by atoms with E-state index in [1.165, 1.54) is 25.7 Å². The second-order valence-electron chi connectivity index (χ2n) is 13.0. The normalized spacial score (nSPS) is 44.6. The minimum absolute atomic E-state index is 0.00151. The Morgan fingerprint density at radius 3 is 2.44 bits per heavy atom. The van der Waals surface area contributed by atoms with Gasteiger partial charge < -0.3 is 14.9 Å². The molecule has 7 heteroatoms. The van der Waals surface area contributed by atoms with E-state index in [2.05, 4.69) is 6.92 Å². The van der Waals surface area contributed by atoms with Gasteiger partial charge in [0.05, 0.1) is 0 Å². The van der Waals surface area contributed by atoms with Crippen molar-refractivity contribution in [1.29, 1.82) is 0 Å². The van der Waals surface area contributed by atoms with Crippen LogP contribution in [0.5, 0.6) is 0 Å². The second kappa shape index (κ2) is 9.30. The molecule has 0 aromatic heterocycles. The number of carbonyl (C=O) groups excluding carboxylic acids is 4. The summed E-state index contributed by atoms with van der Waals surface area (Å²) in [7, 11) is 0. The molecule has 36 heavy (non-hydrogen) atoms. The first kappa shape index (κ1) is 26.0. The number of fused-ring (bicyclic) bond motifs is 5. The zero-order chi connectivity index (χ0) is 25.9. The molecule has 2 unspecified atom stereocenters. The fourth-order valence-corrected chi connectivity index (χ4v) is 9.48. The predicted molar refractivity (Wildman–Crippen MR) is 131 cm³/mol. The van der Waals surface area contributed by atoms with Crippen LogP contribution in [0, 0.1) is 40.4 Å². The van der Waals surface area contributed by atoms with Crippen LogP contribution in [-0.2, 0) is 23.9 Å². The summed E-state index contributed by atoms with van der Waals surface area (Å²) in [6, 6.07) is 0. The fraction of sp³-hybridized carbons (Fsp3) is 0.862. The highest BCUT2D eigenvalue weighted by Crippen LogP contribution is 2.67. The molecule has 0 aromatic rings. The van der Waals surface area contributed by atoms with Crippen LogP contribution in [-0.4, -0.2) is 51.8 Å². The number of ether oxygens (including phenoxy) is 1. The van der Waals surface area contributed by atoms with Gasteiger partial charge in [-0.3, -0.25) is 19.2 Å². The SMILES string of the molecule is C[C@]12C(CC[C@@H]3[C@@H]1C(=O)C[C@@]1(C)[C@H]3CC[C@]1(O)C(=O)CO)CC(=O)CC2OC(=O)CCC1CCCC1. The Kier molecular flexibility index (Phi) is 6.72. The molecule has 5 fully saturated rings. The van der Waals surface area contributed by atoms with Gasteiger partial charge in [-0.2, -0.15) is 0 Å². The number of aliphatic hydroxyl groups is 2. The Labute approximate surface area is 213 Å². The van der Waals surface area contributed by atoms with Gasteiger partial charge in [0.15, 0.2) is 5.78 Å². The van der Waals surface area contributed by atoms with Crippen molar-refractivity contribution in [1.82, 2.24) is 0 Å². The lowest BCUT2D eigenvalue weighted by Crippen LogP contribution is -2.65. The van der Waals surface area contributed by atoms with Gasteiger partial charge in [-0.1, -0.05) is 39.5 Å². The highest BCUT2D eigenvalue weighted by atomic mass is 16.5. The van der Waals surface area contributed by atoms with Crippen LogP contribution in [0.1, 0.15) is 97.3 Å². The Hall–Kier alpha value is -1.60. The number of rotatable bonds is 6. The summed E-state index contributed by atoms with van der Waals surface area (Å²) >= 11 is 0. The molecule has 0 heterocycles. The molecular formula is C29H42O7. The van der Waals surface area contributed by atoms with Crippen LogP contribution in [0.15, 0.2) is 0 Å². The number of hydrogen-bond donors (Lipinski definition) is 2. The molecule has 0 aliphatic heterocycles. The molecule has 0 bridgehead atoms. The van der Waals surface area contributed by atoms with Gasteiger partial charge in [0.25, 0.3) is 0 Å². The molecule has 2 N–H and O–H groups in total. The van der Waals surface area contributed by atoms with Crippen molar-refractivity contribution >= 4 is 23.3 Å². The summed E-state index contributed by atoms with van der Waals surface area (Å²) in [6.07, 6.45) is 8.39. The number of carbonyl (C=O) groups is 4. The van der Waals surface area contributed by atoms with Gasteiger partial charge >= 0.3 is 5.97 Å². The van der Waals surface area contributed by atoms with Crippen molar-refractivity contribution in [2.45, 2.75) is 109 Å². The highest BCUT2D eigenvalue weighted by molar-refractivity contribution is 5.92. The zero-order valence-electron chi connectivity index (χ0n) is 21.8. The number of aliphatic hydroxyl groups excluding tert-OH is 1. The summed E-state index contributed by atoms with van der Waals surface area (Å²) in [4.78, 5) is 52.2. The van der Waals surface area contributed by atoms with E-state index in [9.17, 15) is 29.4 Å². The summed E-state index contributed by atoms with van der Waals surface area (Å²) in [5, 5.41) is 20.9. The van der Waals surface area contributed by atoms with E-state index in [1.807, 2.05) is 6.92 Å². The molecule has 0 spiro atoms. The van der Waals surface area contributed by atoms with E-state index >= 15 is 0 Å². The Balaban J connectivity index is 1.40. The van der Waals surface area contributed by atoms with Crippen molar-refractivity contribution < 1.29 is 34.1 Å². The minimum atomic E-state index is -1.70. The molecule has 8 atom stereocenters. The minimum Gasteiger partial charge on any atom is -0.461 e. The highest BCUT2D eigenvalue weighted by Gasteiger charge is 2.70. The summed E-state index contributed by atoms with van der Waals surface area (Å²) in [5.74, 6) is -0.632. The molecule has 0 aromatic carbocycles. The van der Waals surface area contributed by atoms with E-state index in [0.29, 0.717) is 25.2 Å². The third-order valence-electron chi connectivity index (χ3n) is 11.5. The molecule has 7 nitrogen and oxygen atoms in total. The van der Waals surface area contributed by atoms with Gasteiger partial charge in [-0.05, 0) is 55.8 Å².